The second-order valence-corrected chi connectivity index (χ2v) is 14.0. The molecule has 0 bridgehead atoms. The molecule has 222 valence electrons. The van der Waals surface area contributed by atoms with E-state index in [1.54, 1.807) is 0 Å². The van der Waals surface area contributed by atoms with E-state index >= 15 is 0 Å². The molecule has 1 saturated heterocycles. The third-order valence-electron chi connectivity index (χ3n) is 9.12. The van der Waals surface area contributed by atoms with Gasteiger partial charge in [0.05, 0.1) is 12.2 Å². The van der Waals surface area contributed by atoms with Crippen molar-refractivity contribution >= 4 is 38.6 Å². The monoisotopic (exact) mass is 589 g/mol. The van der Waals surface area contributed by atoms with Crippen LogP contribution in [0.5, 0.6) is 0 Å². The lowest BCUT2D eigenvalue weighted by atomic mass is 9.88. The number of fused-ring (bicyclic) bond motifs is 1. The molecule has 1 saturated carbocycles. The minimum absolute atomic E-state index is 0.0350. The number of carbonyl (C=O) groups excluding carboxylic acids is 2. The number of H-pyrrole nitrogens is 1. The highest BCUT2D eigenvalue weighted by Gasteiger charge is 2.48. The zero-order valence-electron chi connectivity index (χ0n) is 23.9. The molecule has 42 heavy (non-hydrogen) atoms. The number of piperidine rings is 1. The second kappa shape index (κ2) is 12.0. The normalized spacial score (nSPS) is 19.6. The highest BCUT2D eigenvalue weighted by atomic mass is 32.2. The van der Waals surface area contributed by atoms with E-state index in [1.807, 2.05) is 54.7 Å². The third-order valence-corrected chi connectivity index (χ3v) is 11.0. The van der Waals surface area contributed by atoms with E-state index in [0.717, 1.165) is 59.1 Å². The number of hydrogen-bond donors (Lipinski definition) is 3. The van der Waals surface area contributed by atoms with Gasteiger partial charge in [-0.05, 0) is 54.9 Å². The van der Waals surface area contributed by atoms with E-state index in [9.17, 15) is 18.0 Å². The van der Waals surface area contributed by atoms with E-state index in [2.05, 4.69) is 15.6 Å². The number of aromatic amines is 1. The molecule has 3 heterocycles. The van der Waals surface area contributed by atoms with E-state index in [4.69, 9.17) is 4.99 Å². The average molecular weight is 590 g/mol. The summed E-state index contributed by atoms with van der Waals surface area (Å²) < 4.78 is 28.4. The highest BCUT2D eigenvalue weighted by molar-refractivity contribution is 7.89. The molecule has 2 aliphatic heterocycles. The third kappa shape index (κ3) is 6.01. The van der Waals surface area contributed by atoms with Gasteiger partial charge in [-0.25, -0.2) is 12.7 Å². The van der Waals surface area contributed by atoms with Crippen molar-refractivity contribution in [3.8, 4) is 0 Å². The van der Waals surface area contributed by atoms with Gasteiger partial charge in [0.15, 0.2) is 0 Å². The van der Waals surface area contributed by atoms with E-state index in [0.29, 0.717) is 44.8 Å². The summed E-state index contributed by atoms with van der Waals surface area (Å²) >= 11 is 0. The van der Waals surface area contributed by atoms with E-state index in [1.165, 1.54) is 10.7 Å². The van der Waals surface area contributed by atoms with Gasteiger partial charge in [0.1, 0.15) is 11.4 Å². The first-order valence-electron chi connectivity index (χ1n) is 15.1. The summed E-state index contributed by atoms with van der Waals surface area (Å²) in [4.78, 5) is 33.8. The summed E-state index contributed by atoms with van der Waals surface area (Å²) in [5.74, 6) is 0.946. The first-order valence-corrected chi connectivity index (χ1v) is 16.7. The predicted molar refractivity (Wildman–Crippen MR) is 163 cm³/mol. The van der Waals surface area contributed by atoms with Gasteiger partial charge >= 0.3 is 0 Å². The molecular weight excluding hydrogens is 550 g/mol. The molecule has 10 heteroatoms. The molecule has 2 fully saturated rings. The minimum atomic E-state index is -3.54. The van der Waals surface area contributed by atoms with Gasteiger partial charge in [-0.15, -0.1) is 0 Å². The Hall–Kier alpha value is -3.50. The van der Waals surface area contributed by atoms with E-state index < -0.39 is 15.6 Å². The topological polar surface area (TPSA) is 124 Å². The maximum Gasteiger partial charge on any atom is 0.253 e. The van der Waals surface area contributed by atoms with Crippen LogP contribution in [0.1, 0.15) is 61.6 Å². The Kier molecular flexibility index (Phi) is 8.18. The van der Waals surface area contributed by atoms with Gasteiger partial charge in [-0.1, -0.05) is 61.7 Å². The Bertz CT molecular complexity index is 1580. The largest absolute Gasteiger partial charge is 0.361 e. The molecular formula is C32H39N5O4S. The molecule has 3 N–H and O–H groups in total. The summed E-state index contributed by atoms with van der Waals surface area (Å²) in [5, 5.41) is 6.93. The summed E-state index contributed by atoms with van der Waals surface area (Å²) in [7, 11) is -3.54. The number of nitrogens with one attached hydrogen (secondary N) is 3. The lowest BCUT2D eigenvalue weighted by molar-refractivity contribution is -0.125. The van der Waals surface area contributed by atoms with Crippen LogP contribution in [-0.2, 0) is 39.0 Å². The van der Waals surface area contributed by atoms with Gasteiger partial charge in [0, 0.05) is 42.7 Å². The number of rotatable bonds is 9. The van der Waals surface area contributed by atoms with Crippen LogP contribution in [-0.4, -0.2) is 59.7 Å². The molecule has 2 amide bonds. The van der Waals surface area contributed by atoms with Gasteiger partial charge in [-0.2, -0.15) is 0 Å². The molecule has 3 aliphatic rings. The van der Waals surface area contributed by atoms with Crippen molar-refractivity contribution in [1.82, 2.24) is 19.9 Å². The number of sulfonamides is 1. The Morgan fingerprint density at radius 2 is 1.76 bits per heavy atom. The van der Waals surface area contributed by atoms with Crippen LogP contribution in [0.15, 0.2) is 59.7 Å². The summed E-state index contributed by atoms with van der Waals surface area (Å²) in [6.45, 7) is 1.04. The standard InChI is InChI=1S/C32H39N5O4S/c38-28(34-21-23-8-3-1-4-9-23)20-26-22-33-27-13-7-12-24(29(26)27)14-19-42(40,41)37-17-15-32(16-18-37)31(39)35-30(36-32)25-10-5-2-6-11-25/h1,3-4,7-9,12-13,22,25,33H,2,5-6,10-11,14-21H2,(H,34,38)(H,35,36,39). The summed E-state index contributed by atoms with van der Waals surface area (Å²) in [6.07, 6.45) is 8.87. The fourth-order valence-corrected chi connectivity index (χ4v) is 8.14. The minimum Gasteiger partial charge on any atom is -0.361 e. The summed E-state index contributed by atoms with van der Waals surface area (Å²) in [5.41, 5.74) is 2.83. The van der Waals surface area contributed by atoms with Crippen molar-refractivity contribution in [2.24, 2.45) is 10.9 Å². The van der Waals surface area contributed by atoms with Crippen molar-refractivity contribution in [2.75, 3.05) is 18.8 Å². The Morgan fingerprint density at radius 1 is 1.00 bits per heavy atom. The Balaban J connectivity index is 1.08. The number of aryl methyl sites for hydroxylation is 1. The SMILES string of the molecule is O=C(Cc1c[nH]c2cccc(CCS(=O)(=O)N3CCC4(CC3)N=C(C3CCCCC3)NC4=O)c12)NCc1ccccc1. The Labute approximate surface area is 247 Å². The van der Waals surface area contributed by atoms with Crippen molar-refractivity contribution in [1.29, 1.82) is 0 Å². The van der Waals surface area contributed by atoms with Crippen LogP contribution in [0.3, 0.4) is 0 Å². The predicted octanol–water partition coefficient (Wildman–Crippen LogP) is 3.84. The fraction of sp³-hybridized carbons (Fsp3) is 0.469. The first-order chi connectivity index (χ1) is 20.3. The smallest absolute Gasteiger partial charge is 0.253 e. The van der Waals surface area contributed by atoms with Gasteiger partial charge in [0.2, 0.25) is 15.9 Å². The maximum absolute atomic E-state index is 13.4. The van der Waals surface area contributed by atoms with Crippen LogP contribution >= 0.6 is 0 Å². The number of amidine groups is 1. The number of hydrogen-bond acceptors (Lipinski definition) is 5. The number of amides is 2. The number of aliphatic imine (C=N–C) groups is 1. The molecule has 6 rings (SSSR count). The molecule has 1 spiro atoms. The number of carbonyl (C=O) groups is 2. The molecule has 0 radical (unpaired) electrons. The number of aromatic nitrogens is 1. The van der Waals surface area contributed by atoms with Gasteiger partial charge in [-0.3, -0.25) is 14.6 Å². The quantitative estimate of drug-likeness (QED) is 0.351. The van der Waals surface area contributed by atoms with Gasteiger partial charge in [0.25, 0.3) is 5.91 Å². The molecule has 9 nitrogen and oxygen atoms in total. The van der Waals surface area contributed by atoms with Crippen LogP contribution in [0.4, 0.5) is 0 Å². The van der Waals surface area contributed by atoms with Crippen molar-refractivity contribution in [3.63, 3.8) is 0 Å². The number of nitrogens with zero attached hydrogens (tertiary/aromatic N) is 2. The van der Waals surface area contributed by atoms with Crippen LogP contribution in [0, 0.1) is 5.92 Å². The average Bonchev–Trinajstić information content (AvgIpc) is 3.57. The molecule has 0 unspecified atom stereocenters. The number of benzene rings is 2. The van der Waals surface area contributed by atoms with Crippen molar-refractivity contribution < 1.29 is 18.0 Å². The maximum atomic E-state index is 13.4. The molecule has 3 aromatic rings. The second-order valence-electron chi connectivity index (χ2n) is 11.9. The molecule has 0 atom stereocenters. The molecule has 1 aromatic heterocycles. The Morgan fingerprint density at radius 3 is 2.52 bits per heavy atom. The lowest BCUT2D eigenvalue weighted by Gasteiger charge is -2.34. The molecule has 2 aromatic carbocycles. The van der Waals surface area contributed by atoms with Gasteiger partial charge < -0.3 is 15.6 Å². The molecule has 1 aliphatic carbocycles. The first kappa shape index (κ1) is 28.6. The zero-order chi connectivity index (χ0) is 29.2. The van der Waals surface area contributed by atoms with Crippen LogP contribution in [0.25, 0.3) is 10.9 Å². The highest BCUT2D eigenvalue weighted by Crippen LogP contribution is 2.35. The van der Waals surface area contributed by atoms with E-state index in [-0.39, 0.29) is 24.0 Å². The zero-order valence-corrected chi connectivity index (χ0v) is 24.7. The van der Waals surface area contributed by atoms with Crippen LogP contribution < -0.4 is 10.6 Å². The fourth-order valence-electron chi connectivity index (χ4n) is 6.67. The van der Waals surface area contributed by atoms with Crippen LogP contribution in [0.2, 0.25) is 0 Å². The lowest BCUT2D eigenvalue weighted by Crippen LogP contribution is -2.51. The summed E-state index contributed by atoms with van der Waals surface area (Å²) in [6, 6.07) is 15.5. The van der Waals surface area contributed by atoms with Crippen molar-refractivity contribution in [2.45, 2.75) is 69.9 Å². The van der Waals surface area contributed by atoms with Crippen molar-refractivity contribution in [3.05, 3.63) is 71.4 Å².